The molecule has 0 atom stereocenters. The SMILES string of the molecule is CCCCNc1nn(-c2ccccc2OC)c(N)c1C#N. The molecular weight excluding hydrogens is 266 g/mol. The highest BCUT2D eigenvalue weighted by Gasteiger charge is 2.18. The van der Waals surface area contributed by atoms with E-state index in [0.29, 0.717) is 28.6 Å². The lowest BCUT2D eigenvalue weighted by Crippen LogP contribution is -2.05. The van der Waals surface area contributed by atoms with Gasteiger partial charge in [-0.2, -0.15) is 5.26 Å². The number of hydrogen-bond donors (Lipinski definition) is 2. The predicted molar refractivity (Wildman–Crippen MR) is 82.6 cm³/mol. The summed E-state index contributed by atoms with van der Waals surface area (Å²) in [6, 6.07) is 9.52. The maximum Gasteiger partial charge on any atom is 0.168 e. The zero-order chi connectivity index (χ0) is 15.2. The Morgan fingerprint density at radius 1 is 1.43 bits per heavy atom. The van der Waals surface area contributed by atoms with Crippen molar-refractivity contribution in [3.63, 3.8) is 0 Å². The number of unbranched alkanes of at least 4 members (excludes halogenated alkanes) is 1. The van der Waals surface area contributed by atoms with Gasteiger partial charge in [0.1, 0.15) is 28.9 Å². The molecule has 1 aromatic carbocycles. The van der Waals surface area contributed by atoms with Crippen molar-refractivity contribution >= 4 is 11.6 Å². The molecule has 0 saturated carbocycles. The average molecular weight is 285 g/mol. The van der Waals surface area contributed by atoms with E-state index in [2.05, 4.69) is 23.4 Å². The van der Waals surface area contributed by atoms with Crippen molar-refractivity contribution in [3.05, 3.63) is 29.8 Å². The fraction of sp³-hybridized carbons (Fsp3) is 0.333. The minimum Gasteiger partial charge on any atom is -0.494 e. The number of ether oxygens (including phenoxy) is 1. The number of anilines is 2. The molecule has 3 N–H and O–H groups in total. The van der Waals surface area contributed by atoms with Crippen LogP contribution in [-0.4, -0.2) is 23.4 Å². The van der Waals surface area contributed by atoms with Crippen LogP contribution in [0.25, 0.3) is 5.69 Å². The first-order valence-corrected chi connectivity index (χ1v) is 6.88. The van der Waals surface area contributed by atoms with Gasteiger partial charge < -0.3 is 15.8 Å². The van der Waals surface area contributed by atoms with Gasteiger partial charge in [0.05, 0.1) is 7.11 Å². The van der Waals surface area contributed by atoms with Crippen LogP contribution in [0.3, 0.4) is 0 Å². The first-order chi connectivity index (χ1) is 10.2. The summed E-state index contributed by atoms with van der Waals surface area (Å²) in [7, 11) is 1.59. The summed E-state index contributed by atoms with van der Waals surface area (Å²) >= 11 is 0. The van der Waals surface area contributed by atoms with Gasteiger partial charge >= 0.3 is 0 Å². The van der Waals surface area contributed by atoms with E-state index in [0.717, 1.165) is 19.4 Å². The van der Waals surface area contributed by atoms with E-state index in [9.17, 15) is 5.26 Å². The number of para-hydroxylation sites is 2. The Balaban J connectivity index is 2.43. The number of hydrogen-bond acceptors (Lipinski definition) is 5. The molecule has 2 rings (SSSR count). The molecule has 0 aliphatic carbocycles. The van der Waals surface area contributed by atoms with Gasteiger partial charge in [-0.25, -0.2) is 4.68 Å². The second-order valence-electron chi connectivity index (χ2n) is 4.58. The van der Waals surface area contributed by atoms with Crippen LogP contribution < -0.4 is 15.8 Å². The normalized spacial score (nSPS) is 10.1. The van der Waals surface area contributed by atoms with Gasteiger partial charge in [-0.3, -0.25) is 0 Å². The van der Waals surface area contributed by atoms with Crippen LogP contribution in [-0.2, 0) is 0 Å². The first kappa shape index (κ1) is 14.7. The molecule has 0 spiro atoms. The summed E-state index contributed by atoms with van der Waals surface area (Å²) in [6.45, 7) is 2.86. The fourth-order valence-corrected chi connectivity index (χ4v) is 2.04. The van der Waals surface area contributed by atoms with Gasteiger partial charge in [-0.1, -0.05) is 25.5 Å². The largest absolute Gasteiger partial charge is 0.494 e. The molecule has 0 fully saturated rings. The van der Waals surface area contributed by atoms with Crippen molar-refractivity contribution in [2.75, 3.05) is 24.7 Å². The molecule has 6 heteroatoms. The Labute approximate surface area is 124 Å². The van der Waals surface area contributed by atoms with Crippen molar-refractivity contribution in [3.8, 4) is 17.5 Å². The van der Waals surface area contributed by atoms with Crippen LogP contribution in [0.2, 0.25) is 0 Å². The van der Waals surface area contributed by atoms with E-state index in [1.165, 1.54) is 4.68 Å². The summed E-state index contributed by atoms with van der Waals surface area (Å²) in [6.07, 6.45) is 2.07. The van der Waals surface area contributed by atoms with Crippen LogP contribution in [0.1, 0.15) is 25.3 Å². The average Bonchev–Trinajstić information content (AvgIpc) is 2.83. The highest BCUT2D eigenvalue weighted by molar-refractivity contribution is 5.67. The molecule has 1 heterocycles. The number of nitrogens with zero attached hydrogens (tertiary/aromatic N) is 3. The number of rotatable bonds is 6. The fourth-order valence-electron chi connectivity index (χ4n) is 2.04. The molecule has 0 saturated heterocycles. The van der Waals surface area contributed by atoms with Crippen LogP contribution in [0.5, 0.6) is 5.75 Å². The first-order valence-electron chi connectivity index (χ1n) is 6.88. The number of nitrogens with one attached hydrogen (secondary N) is 1. The van der Waals surface area contributed by atoms with Crippen LogP contribution in [0, 0.1) is 11.3 Å². The molecule has 0 unspecified atom stereocenters. The Morgan fingerprint density at radius 2 is 2.19 bits per heavy atom. The highest BCUT2D eigenvalue weighted by Crippen LogP contribution is 2.29. The van der Waals surface area contributed by atoms with Crippen molar-refractivity contribution in [2.45, 2.75) is 19.8 Å². The molecule has 6 nitrogen and oxygen atoms in total. The minimum atomic E-state index is 0.306. The topological polar surface area (TPSA) is 88.9 Å². The third kappa shape index (κ3) is 2.92. The van der Waals surface area contributed by atoms with Crippen LogP contribution >= 0.6 is 0 Å². The molecule has 0 aliphatic rings. The minimum absolute atomic E-state index is 0.306. The second kappa shape index (κ2) is 6.66. The van der Waals surface area contributed by atoms with Crippen molar-refractivity contribution in [1.29, 1.82) is 5.26 Å². The molecule has 2 aromatic rings. The number of nitrogens with two attached hydrogens (primary N) is 1. The smallest absolute Gasteiger partial charge is 0.168 e. The third-order valence-corrected chi connectivity index (χ3v) is 3.17. The van der Waals surface area contributed by atoms with E-state index in [1.54, 1.807) is 7.11 Å². The number of nitrogen functional groups attached to an aromatic ring is 1. The van der Waals surface area contributed by atoms with E-state index in [-0.39, 0.29) is 0 Å². The molecule has 0 radical (unpaired) electrons. The molecule has 110 valence electrons. The molecule has 0 bridgehead atoms. The van der Waals surface area contributed by atoms with E-state index >= 15 is 0 Å². The van der Waals surface area contributed by atoms with Crippen molar-refractivity contribution < 1.29 is 4.74 Å². The maximum absolute atomic E-state index is 9.29. The Kier molecular flexibility index (Phi) is 4.67. The monoisotopic (exact) mass is 285 g/mol. The van der Waals surface area contributed by atoms with Gasteiger partial charge in [-0.05, 0) is 18.6 Å². The lowest BCUT2D eigenvalue weighted by atomic mass is 10.3. The van der Waals surface area contributed by atoms with Gasteiger partial charge in [-0.15, -0.1) is 5.10 Å². The summed E-state index contributed by atoms with van der Waals surface area (Å²) in [4.78, 5) is 0. The van der Waals surface area contributed by atoms with Gasteiger partial charge in [0, 0.05) is 6.54 Å². The molecule has 1 aromatic heterocycles. The van der Waals surface area contributed by atoms with E-state index in [1.807, 2.05) is 24.3 Å². The molecule has 0 aliphatic heterocycles. The Morgan fingerprint density at radius 3 is 2.86 bits per heavy atom. The molecule has 21 heavy (non-hydrogen) atoms. The Hall–Kier alpha value is -2.68. The zero-order valence-corrected chi connectivity index (χ0v) is 12.3. The Bertz CT molecular complexity index is 657. The lowest BCUT2D eigenvalue weighted by Gasteiger charge is -2.09. The highest BCUT2D eigenvalue weighted by atomic mass is 16.5. The summed E-state index contributed by atoms with van der Waals surface area (Å²) < 4.78 is 6.85. The summed E-state index contributed by atoms with van der Waals surface area (Å²) in [5, 5.41) is 16.9. The summed E-state index contributed by atoms with van der Waals surface area (Å²) in [5.41, 5.74) is 7.12. The van der Waals surface area contributed by atoms with E-state index < -0.39 is 0 Å². The third-order valence-electron chi connectivity index (χ3n) is 3.17. The van der Waals surface area contributed by atoms with Crippen LogP contribution in [0.15, 0.2) is 24.3 Å². The van der Waals surface area contributed by atoms with Gasteiger partial charge in [0.2, 0.25) is 0 Å². The van der Waals surface area contributed by atoms with E-state index in [4.69, 9.17) is 10.5 Å². The summed E-state index contributed by atoms with van der Waals surface area (Å²) in [5.74, 6) is 1.46. The molecule has 0 amide bonds. The predicted octanol–water partition coefficient (Wildman–Crippen LogP) is 2.55. The number of nitriles is 1. The number of methoxy groups -OCH3 is 1. The molecular formula is C15H19N5O. The lowest BCUT2D eigenvalue weighted by molar-refractivity contribution is 0.412. The van der Waals surface area contributed by atoms with Crippen molar-refractivity contribution in [1.82, 2.24) is 9.78 Å². The maximum atomic E-state index is 9.29. The van der Waals surface area contributed by atoms with Gasteiger partial charge in [0.15, 0.2) is 5.82 Å². The number of benzene rings is 1. The quantitative estimate of drug-likeness (QED) is 0.796. The standard InChI is InChI=1S/C15H19N5O/c1-3-4-9-18-15-11(10-16)14(17)20(19-15)12-7-5-6-8-13(12)21-2/h5-8H,3-4,9,17H2,1-2H3,(H,18,19). The second-order valence-corrected chi connectivity index (χ2v) is 4.58. The number of aromatic nitrogens is 2. The van der Waals surface area contributed by atoms with Crippen molar-refractivity contribution in [2.24, 2.45) is 0 Å². The van der Waals surface area contributed by atoms with Gasteiger partial charge in [0.25, 0.3) is 0 Å². The van der Waals surface area contributed by atoms with Crippen LogP contribution in [0.4, 0.5) is 11.6 Å². The zero-order valence-electron chi connectivity index (χ0n) is 12.3.